The zero-order valence-electron chi connectivity index (χ0n) is 10.4. The number of hydrogen-bond acceptors (Lipinski definition) is 3. The van der Waals surface area contributed by atoms with Crippen molar-refractivity contribution in [1.29, 1.82) is 0 Å². The summed E-state index contributed by atoms with van der Waals surface area (Å²) in [5.41, 5.74) is 0. The summed E-state index contributed by atoms with van der Waals surface area (Å²) in [7, 11) is 0. The van der Waals surface area contributed by atoms with Crippen LogP contribution in [0.2, 0.25) is 0 Å². The van der Waals surface area contributed by atoms with Gasteiger partial charge in [-0.3, -0.25) is 4.79 Å². The number of amides is 1. The number of thiophene rings is 1. The van der Waals surface area contributed by atoms with Crippen LogP contribution in [0.5, 0.6) is 0 Å². The molecule has 0 atom stereocenters. The highest BCUT2D eigenvalue weighted by molar-refractivity contribution is 7.10. The summed E-state index contributed by atoms with van der Waals surface area (Å²) in [6.07, 6.45) is 3.45. The molecule has 1 fully saturated rings. The largest absolute Gasteiger partial charge is 0.370 e. The van der Waals surface area contributed by atoms with Crippen molar-refractivity contribution in [2.45, 2.75) is 0 Å². The molecule has 0 aliphatic carbocycles. The molecule has 98 valence electrons. The molecule has 0 saturated carbocycles. The summed E-state index contributed by atoms with van der Waals surface area (Å²) in [5, 5.41) is 4.91. The quantitative estimate of drug-likeness (QED) is 0.725. The van der Waals surface area contributed by atoms with Gasteiger partial charge in [-0.1, -0.05) is 6.07 Å². The van der Waals surface area contributed by atoms with Gasteiger partial charge in [0.2, 0.25) is 5.91 Å². The Morgan fingerprint density at radius 3 is 3.06 bits per heavy atom. The van der Waals surface area contributed by atoms with Crippen LogP contribution in [0.1, 0.15) is 4.88 Å². The molecule has 1 amide bonds. The molecule has 2 heterocycles. The first-order valence-electron chi connectivity index (χ1n) is 6.25. The molecule has 1 aliphatic rings. The predicted octanol–water partition coefficient (Wildman–Crippen LogP) is -0.207. The maximum atomic E-state index is 11.6. The molecule has 0 spiro atoms. The van der Waals surface area contributed by atoms with Gasteiger partial charge in [0.1, 0.15) is 13.1 Å². The van der Waals surface area contributed by atoms with Gasteiger partial charge in [0.15, 0.2) is 0 Å². The molecule has 0 bridgehead atoms. The molecule has 1 aliphatic heterocycles. The number of hydrogen-bond donors (Lipinski definition) is 2. The Hall–Kier alpha value is -1.17. The Morgan fingerprint density at radius 1 is 1.50 bits per heavy atom. The van der Waals surface area contributed by atoms with E-state index in [0.29, 0.717) is 0 Å². The summed E-state index contributed by atoms with van der Waals surface area (Å²) in [4.78, 5) is 14.2. The second-order valence-corrected chi connectivity index (χ2v) is 5.23. The van der Waals surface area contributed by atoms with Crippen molar-refractivity contribution >= 4 is 23.3 Å². The van der Waals surface area contributed by atoms with Gasteiger partial charge in [0.05, 0.1) is 26.3 Å². The van der Waals surface area contributed by atoms with E-state index in [1.54, 1.807) is 17.4 Å². The second-order valence-electron chi connectivity index (χ2n) is 4.25. The summed E-state index contributed by atoms with van der Waals surface area (Å²) in [6, 6.07) is 3.97. The van der Waals surface area contributed by atoms with Crippen molar-refractivity contribution in [3.63, 3.8) is 0 Å². The normalized spacial score (nSPS) is 17.1. The topological polar surface area (TPSA) is 42.8 Å². The molecule has 2 rings (SSSR count). The van der Waals surface area contributed by atoms with Crippen LogP contribution in [-0.2, 0) is 9.53 Å². The molecule has 0 aromatic carbocycles. The molecule has 1 saturated heterocycles. The Morgan fingerprint density at radius 2 is 2.33 bits per heavy atom. The number of carbonyl (C=O) groups excluding carboxylic acids is 1. The maximum Gasteiger partial charge on any atom is 0.244 e. The first kappa shape index (κ1) is 13.3. The van der Waals surface area contributed by atoms with Crippen LogP contribution in [0, 0.1) is 0 Å². The van der Waals surface area contributed by atoms with E-state index < -0.39 is 0 Å². The smallest absolute Gasteiger partial charge is 0.244 e. The van der Waals surface area contributed by atoms with E-state index in [9.17, 15) is 4.79 Å². The number of rotatable bonds is 5. The van der Waals surface area contributed by atoms with Gasteiger partial charge in [-0.05, 0) is 17.5 Å². The number of ether oxygens (including phenoxy) is 1. The van der Waals surface area contributed by atoms with Crippen LogP contribution in [0.15, 0.2) is 23.6 Å². The van der Waals surface area contributed by atoms with Crippen molar-refractivity contribution in [3.05, 3.63) is 28.5 Å². The highest BCUT2D eigenvalue weighted by Crippen LogP contribution is 2.09. The molecule has 2 N–H and O–H groups in total. The third kappa shape index (κ3) is 4.60. The second kappa shape index (κ2) is 7.31. The van der Waals surface area contributed by atoms with Crippen LogP contribution in [-0.4, -0.2) is 45.3 Å². The highest BCUT2D eigenvalue weighted by atomic mass is 32.1. The average molecular weight is 267 g/mol. The molecule has 4 nitrogen and oxygen atoms in total. The lowest BCUT2D eigenvalue weighted by atomic mass is 10.4. The van der Waals surface area contributed by atoms with E-state index >= 15 is 0 Å². The average Bonchev–Trinajstić information content (AvgIpc) is 2.91. The van der Waals surface area contributed by atoms with Gasteiger partial charge < -0.3 is 15.0 Å². The number of carbonyl (C=O) groups is 1. The zero-order valence-corrected chi connectivity index (χ0v) is 11.2. The highest BCUT2D eigenvalue weighted by Gasteiger charge is 2.12. The van der Waals surface area contributed by atoms with Crippen LogP contribution >= 0.6 is 11.3 Å². The molecular weight excluding hydrogens is 248 g/mol. The van der Waals surface area contributed by atoms with E-state index in [4.69, 9.17) is 4.74 Å². The lowest BCUT2D eigenvalue weighted by molar-refractivity contribution is -0.906. The monoisotopic (exact) mass is 267 g/mol. The van der Waals surface area contributed by atoms with E-state index in [1.807, 2.05) is 23.6 Å². The number of morpholine rings is 1. The summed E-state index contributed by atoms with van der Waals surface area (Å²) >= 11 is 1.63. The third-order valence-electron chi connectivity index (χ3n) is 2.92. The van der Waals surface area contributed by atoms with Crippen LogP contribution in [0.3, 0.4) is 0 Å². The fraction of sp³-hybridized carbons (Fsp3) is 0.462. The van der Waals surface area contributed by atoms with Gasteiger partial charge >= 0.3 is 0 Å². The summed E-state index contributed by atoms with van der Waals surface area (Å²) < 4.78 is 5.29. The van der Waals surface area contributed by atoms with Crippen molar-refractivity contribution in [2.24, 2.45) is 0 Å². The predicted molar refractivity (Wildman–Crippen MR) is 72.7 cm³/mol. The molecule has 0 unspecified atom stereocenters. The standard InChI is InChI=1S/C13H18N2O2S/c16-13(4-3-12-2-1-11-18-12)14-5-6-15-7-9-17-10-8-15/h1-4,11H,5-10H2,(H,14,16)/p+1. The fourth-order valence-electron chi connectivity index (χ4n) is 1.88. The lowest BCUT2D eigenvalue weighted by Crippen LogP contribution is -3.14. The molecule has 1 aromatic rings. The van der Waals surface area contributed by atoms with Gasteiger partial charge in [0, 0.05) is 11.0 Å². The van der Waals surface area contributed by atoms with Gasteiger partial charge in [0.25, 0.3) is 0 Å². The molecular formula is C13H19N2O2S+. The van der Waals surface area contributed by atoms with Crippen LogP contribution < -0.4 is 10.2 Å². The third-order valence-corrected chi connectivity index (χ3v) is 3.76. The van der Waals surface area contributed by atoms with Crippen molar-refractivity contribution in [2.75, 3.05) is 39.4 Å². The fourth-order valence-corrected chi connectivity index (χ4v) is 2.49. The summed E-state index contributed by atoms with van der Waals surface area (Å²) in [6.45, 7) is 5.45. The first-order chi connectivity index (χ1) is 8.84. The lowest BCUT2D eigenvalue weighted by Gasteiger charge is -2.23. The van der Waals surface area contributed by atoms with Crippen LogP contribution in [0.25, 0.3) is 6.08 Å². The minimum absolute atomic E-state index is 0.0175. The molecule has 18 heavy (non-hydrogen) atoms. The maximum absolute atomic E-state index is 11.6. The molecule has 0 radical (unpaired) electrons. The van der Waals surface area contributed by atoms with Crippen molar-refractivity contribution < 1.29 is 14.4 Å². The Kier molecular flexibility index (Phi) is 5.38. The Labute approximate surface area is 111 Å². The minimum atomic E-state index is -0.0175. The Bertz CT molecular complexity index is 384. The van der Waals surface area contributed by atoms with E-state index in [0.717, 1.165) is 44.3 Å². The van der Waals surface area contributed by atoms with Crippen molar-refractivity contribution in [1.82, 2.24) is 5.32 Å². The molecule has 5 heteroatoms. The minimum Gasteiger partial charge on any atom is -0.370 e. The zero-order chi connectivity index (χ0) is 12.6. The van der Waals surface area contributed by atoms with Gasteiger partial charge in [-0.15, -0.1) is 11.3 Å². The van der Waals surface area contributed by atoms with E-state index in [2.05, 4.69) is 5.32 Å². The van der Waals surface area contributed by atoms with Gasteiger partial charge in [-0.2, -0.15) is 0 Å². The van der Waals surface area contributed by atoms with E-state index in [-0.39, 0.29) is 5.91 Å². The SMILES string of the molecule is O=C(C=Cc1cccs1)NCC[NH+]1CCOCC1. The molecule has 1 aromatic heterocycles. The number of quaternary nitrogens is 1. The van der Waals surface area contributed by atoms with E-state index in [1.165, 1.54) is 4.90 Å². The first-order valence-corrected chi connectivity index (χ1v) is 7.13. The van der Waals surface area contributed by atoms with Crippen LogP contribution in [0.4, 0.5) is 0 Å². The van der Waals surface area contributed by atoms with Gasteiger partial charge in [-0.25, -0.2) is 0 Å². The summed E-state index contributed by atoms with van der Waals surface area (Å²) in [5.74, 6) is -0.0175. The number of nitrogens with one attached hydrogen (secondary N) is 2. The van der Waals surface area contributed by atoms with Crippen molar-refractivity contribution in [3.8, 4) is 0 Å². The Balaban J connectivity index is 1.62.